The monoisotopic (exact) mass is 257 g/mol. The molecule has 1 N–H and O–H groups in total. The fraction of sp³-hybridized carbons (Fsp3) is 0.923. The van der Waals surface area contributed by atoms with E-state index in [0.717, 1.165) is 6.42 Å². The van der Waals surface area contributed by atoms with Gasteiger partial charge in [0.1, 0.15) is 5.60 Å². The molecule has 5 nitrogen and oxygen atoms in total. The zero-order valence-corrected chi connectivity index (χ0v) is 11.4. The van der Waals surface area contributed by atoms with E-state index < -0.39 is 5.60 Å². The summed E-state index contributed by atoms with van der Waals surface area (Å²) in [6.45, 7) is 7.31. The summed E-state index contributed by atoms with van der Waals surface area (Å²) in [5.41, 5.74) is -0.471. The van der Waals surface area contributed by atoms with E-state index in [2.05, 4.69) is 0 Å². The molecule has 104 valence electrons. The second kappa shape index (κ2) is 5.05. The first-order valence-electron chi connectivity index (χ1n) is 6.64. The third kappa shape index (κ3) is 3.14. The first-order chi connectivity index (χ1) is 8.37. The highest BCUT2D eigenvalue weighted by molar-refractivity contribution is 5.68. The standard InChI is InChI=1S/C13H23NO4/c1-13(2,3)18-12(16)14-6-4-9-10(15)5-7-17-11(9)8-14/h9-11,15H,4-8H2,1-3H3. The Morgan fingerprint density at radius 1 is 1.39 bits per heavy atom. The fourth-order valence-electron chi connectivity index (χ4n) is 2.60. The molecule has 2 aliphatic rings. The van der Waals surface area contributed by atoms with Gasteiger partial charge in [0.25, 0.3) is 0 Å². The highest BCUT2D eigenvalue weighted by Crippen LogP contribution is 2.29. The molecule has 2 saturated heterocycles. The minimum atomic E-state index is -0.471. The summed E-state index contributed by atoms with van der Waals surface area (Å²) >= 11 is 0. The van der Waals surface area contributed by atoms with Crippen LogP contribution in [0.15, 0.2) is 0 Å². The lowest BCUT2D eigenvalue weighted by molar-refractivity contribution is -0.121. The first kappa shape index (κ1) is 13.6. The summed E-state index contributed by atoms with van der Waals surface area (Å²) in [5, 5.41) is 9.90. The van der Waals surface area contributed by atoms with Crippen molar-refractivity contribution in [3.63, 3.8) is 0 Å². The highest BCUT2D eigenvalue weighted by Gasteiger charge is 2.39. The van der Waals surface area contributed by atoms with Gasteiger partial charge in [-0.05, 0) is 33.6 Å². The maximum absolute atomic E-state index is 12.0. The first-order valence-corrected chi connectivity index (χ1v) is 6.64. The van der Waals surface area contributed by atoms with E-state index in [1.807, 2.05) is 20.8 Å². The third-order valence-corrected chi connectivity index (χ3v) is 3.50. The summed E-state index contributed by atoms with van der Waals surface area (Å²) in [5.74, 6) is 0.164. The maximum Gasteiger partial charge on any atom is 0.410 e. The van der Waals surface area contributed by atoms with Gasteiger partial charge < -0.3 is 19.5 Å². The molecule has 0 aliphatic carbocycles. The van der Waals surface area contributed by atoms with Crippen LogP contribution in [-0.2, 0) is 9.47 Å². The van der Waals surface area contributed by atoms with Gasteiger partial charge in [-0.2, -0.15) is 0 Å². The van der Waals surface area contributed by atoms with Crippen molar-refractivity contribution in [3.05, 3.63) is 0 Å². The SMILES string of the molecule is CC(C)(C)OC(=O)N1CCC2C(O)CCOC2C1. The molecule has 2 aliphatic heterocycles. The van der Waals surface area contributed by atoms with Crippen LogP contribution in [0.25, 0.3) is 0 Å². The summed E-state index contributed by atoms with van der Waals surface area (Å²) in [4.78, 5) is 13.6. The van der Waals surface area contributed by atoms with E-state index in [-0.39, 0.29) is 24.2 Å². The van der Waals surface area contributed by atoms with Gasteiger partial charge in [-0.1, -0.05) is 0 Å². The van der Waals surface area contributed by atoms with Crippen molar-refractivity contribution in [2.75, 3.05) is 19.7 Å². The van der Waals surface area contributed by atoms with E-state index in [1.165, 1.54) is 0 Å². The molecule has 0 aromatic rings. The van der Waals surface area contributed by atoms with E-state index in [1.54, 1.807) is 4.90 Å². The fourth-order valence-corrected chi connectivity index (χ4v) is 2.60. The summed E-state index contributed by atoms with van der Waals surface area (Å²) in [6, 6.07) is 0. The van der Waals surface area contributed by atoms with Gasteiger partial charge in [-0.15, -0.1) is 0 Å². The molecular formula is C13H23NO4. The van der Waals surface area contributed by atoms with Crippen LogP contribution in [0.1, 0.15) is 33.6 Å². The molecule has 0 radical (unpaired) electrons. The van der Waals surface area contributed by atoms with Crippen LogP contribution < -0.4 is 0 Å². The van der Waals surface area contributed by atoms with Gasteiger partial charge in [0, 0.05) is 19.1 Å². The molecule has 3 atom stereocenters. The van der Waals surface area contributed by atoms with Gasteiger partial charge in [0.2, 0.25) is 0 Å². The lowest BCUT2D eigenvalue weighted by Crippen LogP contribution is -2.54. The number of amides is 1. The van der Waals surface area contributed by atoms with Gasteiger partial charge >= 0.3 is 6.09 Å². The lowest BCUT2D eigenvalue weighted by atomic mass is 9.85. The third-order valence-electron chi connectivity index (χ3n) is 3.50. The molecule has 3 unspecified atom stereocenters. The largest absolute Gasteiger partial charge is 0.444 e. The van der Waals surface area contributed by atoms with E-state index >= 15 is 0 Å². The number of ether oxygens (including phenoxy) is 2. The van der Waals surface area contributed by atoms with Gasteiger partial charge in [0.05, 0.1) is 18.8 Å². The van der Waals surface area contributed by atoms with Crippen LogP contribution >= 0.6 is 0 Å². The predicted octanol–water partition coefficient (Wildman–Crippen LogP) is 1.39. The van der Waals surface area contributed by atoms with E-state index in [9.17, 15) is 9.90 Å². The molecule has 0 saturated carbocycles. The number of fused-ring (bicyclic) bond motifs is 1. The van der Waals surface area contributed by atoms with Gasteiger partial charge in [-0.3, -0.25) is 0 Å². The molecule has 5 heteroatoms. The van der Waals surface area contributed by atoms with E-state index in [4.69, 9.17) is 9.47 Å². The Morgan fingerprint density at radius 2 is 2.11 bits per heavy atom. The number of hydrogen-bond acceptors (Lipinski definition) is 4. The molecule has 0 spiro atoms. The second-order valence-corrected chi connectivity index (χ2v) is 6.14. The van der Waals surface area contributed by atoms with Crippen LogP contribution in [0.5, 0.6) is 0 Å². The van der Waals surface area contributed by atoms with Crippen LogP contribution in [0.4, 0.5) is 4.79 Å². The Hall–Kier alpha value is -0.810. The predicted molar refractivity (Wildman–Crippen MR) is 66.3 cm³/mol. The number of carbonyl (C=O) groups is 1. The van der Waals surface area contributed by atoms with E-state index in [0.29, 0.717) is 26.1 Å². The molecule has 18 heavy (non-hydrogen) atoms. The maximum atomic E-state index is 12.0. The Morgan fingerprint density at radius 3 is 2.78 bits per heavy atom. The zero-order valence-electron chi connectivity index (χ0n) is 11.4. The smallest absolute Gasteiger partial charge is 0.410 e. The van der Waals surface area contributed by atoms with Crippen molar-refractivity contribution in [2.45, 2.75) is 51.4 Å². The second-order valence-electron chi connectivity index (χ2n) is 6.14. The molecule has 0 aromatic heterocycles. The Labute approximate surface area is 108 Å². The minimum absolute atomic E-state index is 0.0463. The van der Waals surface area contributed by atoms with Gasteiger partial charge in [-0.25, -0.2) is 4.79 Å². The van der Waals surface area contributed by atoms with Crippen molar-refractivity contribution in [1.29, 1.82) is 0 Å². The van der Waals surface area contributed by atoms with Crippen molar-refractivity contribution in [3.8, 4) is 0 Å². The average Bonchev–Trinajstić information content (AvgIpc) is 2.26. The van der Waals surface area contributed by atoms with Crippen molar-refractivity contribution < 1.29 is 19.4 Å². The number of hydrogen-bond donors (Lipinski definition) is 1. The summed E-state index contributed by atoms with van der Waals surface area (Å²) < 4.78 is 11.0. The number of piperidine rings is 1. The zero-order chi connectivity index (χ0) is 13.3. The van der Waals surface area contributed by atoms with Crippen LogP contribution in [0.2, 0.25) is 0 Å². The molecule has 2 rings (SSSR count). The number of aliphatic hydroxyl groups is 1. The minimum Gasteiger partial charge on any atom is -0.444 e. The van der Waals surface area contributed by atoms with Crippen LogP contribution in [0, 0.1) is 5.92 Å². The van der Waals surface area contributed by atoms with Crippen LogP contribution in [-0.4, -0.2) is 53.6 Å². The number of likely N-dealkylation sites (tertiary alicyclic amines) is 1. The number of carbonyl (C=O) groups excluding carboxylic acids is 1. The Bertz CT molecular complexity index is 313. The topological polar surface area (TPSA) is 59.0 Å². The number of rotatable bonds is 0. The molecule has 0 aromatic carbocycles. The molecule has 2 fully saturated rings. The summed E-state index contributed by atoms with van der Waals surface area (Å²) in [6.07, 6.45) is 0.864. The number of nitrogens with zero attached hydrogens (tertiary/aromatic N) is 1. The normalized spacial score (nSPS) is 32.9. The number of aliphatic hydroxyl groups excluding tert-OH is 1. The lowest BCUT2D eigenvalue weighted by Gasteiger charge is -2.43. The molecule has 0 bridgehead atoms. The van der Waals surface area contributed by atoms with Crippen LogP contribution in [0.3, 0.4) is 0 Å². The Kier molecular flexibility index (Phi) is 3.82. The Balaban J connectivity index is 1.92. The molecular weight excluding hydrogens is 234 g/mol. The quantitative estimate of drug-likeness (QED) is 0.712. The van der Waals surface area contributed by atoms with Crippen molar-refractivity contribution >= 4 is 6.09 Å². The summed E-state index contributed by atoms with van der Waals surface area (Å²) in [7, 11) is 0. The average molecular weight is 257 g/mol. The molecule has 1 amide bonds. The highest BCUT2D eigenvalue weighted by atomic mass is 16.6. The molecule has 2 heterocycles. The van der Waals surface area contributed by atoms with Crippen molar-refractivity contribution in [2.24, 2.45) is 5.92 Å². The van der Waals surface area contributed by atoms with Crippen molar-refractivity contribution in [1.82, 2.24) is 4.90 Å². The van der Waals surface area contributed by atoms with Gasteiger partial charge in [0.15, 0.2) is 0 Å².